The van der Waals surface area contributed by atoms with E-state index in [9.17, 15) is 0 Å². The highest BCUT2D eigenvalue weighted by Crippen LogP contribution is 2.28. The third-order valence-electron chi connectivity index (χ3n) is 3.96. The summed E-state index contributed by atoms with van der Waals surface area (Å²) < 4.78 is 5.40. The van der Waals surface area contributed by atoms with E-state index in [0.717, 1.165) is 25.3 Å². The van der Waals surface area contributed by atoms with Crippen molar-refractivity contribution in [1.29, 1.82) is 0 Å². The minimum absolute atomic E-state index is 0.402. The Bertz CT molecular complexity index is 562. The van der Waals surface area contributed by atoms with Crippen LogP contribution in [0.15, 0.2) is 41.0 Å². The van der Waals surface area contributed by atoms with E-state index in [1.54, 1.807) is 6.26 Å². The fourth-order valence-electron chi connectivity index (χ4n) is 2.77. The van der Waals surface area contributed by atoms with Gasteiger partial charge in [0.05, 0.1) is 6.26 Å². The molecule has 3 heteroatoms. The molecule has 0 radical (unpaired) electrons. The van der Waals surface area contributed by atoms with Crippen molar-refractivity contribution < 1.29 is 4.42 Å². The fraction of sp³-hybridized carbons (Fsp3) is 0.444. The van der Waals surface area contributed by atoms with Gasteiger partial charge in [-0.05, 0) is 37.6 Å². The van der Waals surface area contributed by atoms with Crippen LogP contribution in [0.1, 0.15) is 43.2 Å². The SMILES string of the molecule is CCNC(CC)c1ccccc1N(C)Cc1ccoc1C. The molecule has 1 N–H and O–H groups in total. The van der Waals surface area contributed by atoms with Crippen molar-refractivity contribution in [2.75, 3.05) is 18.5 Å². The van der Waals surface area contributed by atoms with E-state index in [0.29, 0.717) is 6.04 Å². The van der Waals surface area contributed by atoms with Crippen molar-refractivity contribution in [2.45, 2.75) is 39.8 Å². The first-order chi connectivity index (χ1) is 10.2. The van der Waals surface area contributed by atoms with E-state index in [1.807, 2.05) is 6.92 Å². The average Bonchev–Trinajstić information content (AvgIpc) is 2.90. The van der Waals surface area contributed by atoms with Gasteiger partial charge in [-0.15, -0.1) is 0 Å². The van der Waals surface area contributed by atoms with E-state index < -0.39 is 0 Å². The van der Waals surface area contributed by atoms with Crippen LogP contribution >= 0.6 is 0 Å². The molecule has 3 nitrogen and oxygen atoms in total. The van der Waals surface area contributed by atoms with Crippen molar-refractivity contribution in [3.63, 3.8) is 0 Å². The van der Waals surface area contributed by atoms with Crippen LogP contribution in [0.4, 0.5) is 5.69 Å². The van der Waals surface area contributed by atoms with Crippen LogP contribution in [0.5, 0.6) is 0 Å². The van der Waals surface area contributed by atoms with Crippen LogP contribution in [0.3, 0.4) is 0 Å². The van der Waals surface area contributed by atoms with Crippen molar-refractivity contribution >= 4 is 5.69 Å². The Kier molecular flexibility index (Phi) is 5.45. The summed E-state index contributed by atoms with van der Waals surface area (Å²) in [7, 11) is 2.14. The second kappa shape index (κ2) is 7.32. The molecular formula is C18H26N2O. The maximum Gasteiger partial charge on any atom is 0.105 e. The number of anilines is 1. The number of rotatable bonds is 7. The Morgan fingerprint density at radius 1 is 1.19 bits per heavy atom. The lowest BCUT2D eigenvalue weighted by Gasteiger charge is -2.26. The third-order valence-corrected chi connectivity index (χ3v) is 3.96. The Morgan fingerprint density at radius 3 is 2.57 bits per heavy atom. The van der Waals surface area contributed by atoms with Crippen LogP contribution in [-0.4, -0.2) is 13.6 Å². The van der Waals surface area contributed by atoms with Crippen LogP contribution in [0, 0.1) is 6.92 Å². The lowest BCUT2D eigenvalue weighted by molar-refractivity contribution is 0.528. The Labute approximate surface area is 128 Å². The minimum atomic E-state index is 0.402. The molecule has 2 rings (SSSR count). The number of hydrogen-bond donors (Lipinski definition) is 1. The maximum atomic E-state index is 5.40. The number of para-hydroxylation sites is 1. The van der Waals surface area contributed by atoms with Gasteiger partial charge < -0.3 is 14.6 Å². The molecule has 0 spiro atoms. The number of aryl methyl sites for hydroxylation is 1. The summed E-state index contributed by atoms with van der Waals surface area (Å²) in [6.45, 7) is 8.25. The summed E-state index contributed by atoms with van der Waals surface area (Å²) in [6, 6.07) is 11.1. The van der Waals surface area contributed by atoms with Gasteiger partial charge in [0.1, 0.15) is 5.76 Å². The normalized spacial score (nSPS) is 12.4. The molecule has 0 saturated heterocycles. The number of benzene rings is 1. The first kappa shape index (κ1) is 15.6. The monoisotopic (exact) mass is 286 g/mol. The molecule has 1 heterocycles. The van der Waals surface area contributed by atoms with E-state index in [2.05, 4.69) is 61.4 Å². The van der Waals surface area contributed by atoms with Gasteiger partial charge in [0.25, 0.3) is 0 Å². The van der Waals surface area contributed by atoms with Crippen LogP contribution in [0.2, 0.25) is 0 Å². The molecule has 1 unspecified atom stereocenters. The summed E-state index contributed by atoms with van der Waals surface area (Å²) in [5.74, 6) is 0.998. The quantitative estimate of drug-likeness (QED) is 0.823. The van der Waals surface area contributed by atoms with E-state index in [4.69, 9.17) is 4.42 Å². The largest absolute Gasteiger partial charge is 0.469 e. The van der Waals surface area contributed by atoms with Gasteiger partial charge >= 0.3 is 0 Å². The molecule has 2 aromatic rings. The number of furan rings is 1. The summed E-state index contributed by atoms with van der Waals surface area (Å²) in [4.78, 5) is 2.30. The van der Waals surface area contributed by atoms with Gasteiger partial charge in [-0.1, -0.05) is 32.0 Å². The van der Waals surface area contributed by atoms with Crippen molar-refractivity contribution in [2.24, 2.45) is 0 Å². The zero-order valence-corrected chi connectivity index (χ0v) is 13.5. The summed E-state index contributed by atoms with van der Waals surface area (Å²) >= 11 is 0. The molecule has 0 fully saturated rings. The summed E-state index contributed by atoms with van der Waals surface area (Å²) in [5, 5.41) is 3.57. The zero-order chi connectivity index (χ0) is 15.2. The molecule has 0 aliphatic carbocycles. The number of hydrogen-bond acceptors (Lipinski definition) is 3. The van der Waals surface area contributed by atoms with Crippen LogP contribution in [0.25, 0.3) is 0 Å². The first-order valence-electron chi connectivity index (χ1n) is 7.73. The lowest BCUT2D eigenvalue weighted by atomic mass is 10.0. The maximum absolute atomic E-state index is 5.40. The molecule has 0 bridgehead atoms. The predicted octanol–water partition coefficient (Wildman–Crippen LogP) is 4.29. The van der Waals surface area contributed by atoms with Crippen molar-refractivity contribution in [1.82, 2.24) is 5.32 Å². The molecular weight excluding hydrogens is 260 g/mol. The molecule has 21 heavy (non-hydrogen) atoms. The molecule has 1 aromatic heterocycles. The standard InChI is InChI=1S/C18H26N2O/c1-5-17(19-6-2)16-9-7-8-10-18(16)20(4)13-15-11-12-21-14(15)3/h7-12,17,19H,5-6,13H2,1-4H3. The second-order valence-corrected chi connectivity index (χ2v) is 5.44. The molecule has 0 amide bonds. The molecule has 1 aromatic carbocycles. The van der Waals surface area contributed by atoms with Crippen LogP contribution < -0.4 is 10.2 Å². The van der Waals surface area contributed by atoms with Gasteiger partial charge in [0, 0.05) is 30.9 Å². The Morgan fingerprint density at radius 2 is 1.95 bits per heavy atom. The second-order valence-electron chi connectivity index (χ2n) is 5.44. The first-order valence-corrected chi connectivity index (χ1v) is 7.73. The molecule has 1 atom stereocenters. The van der Waals surface area contributed by atoms with Gasteiger partial charge in [0.2, 0.25) is 0 Å². The van der Waals surface area contributed by atoms with E-state index >= 15 is 0 Å². The Hall–Kier alpha value is -1.74. The highest BCUT2D eigenvalue weighted by atomic mass is 16.3. The highest BCUT2D eigenvalue weighted by molar-refractivity contribution is 5.55. The smallest absolute Gasteiger partial charge is 0.105 e. The van der Waals surface area contributed by atoms with E-state index in [1.165, 1.54) is 16.8 Å². The third kappa shape index (κ3) is 3.67. The van der Waals surface area contributed by atoms with Crippen molar-refractivity contribution in [3.8, 4) is 0 Å². The van der Waals surface area contributed by atoms with Gasteiger partial charge in [-0.25, -0.2) is 0 Å². The average molecular weight is 286 g/mol. The molecule has 0 saturated carbocycles. The van der Waals surface area contributed by atoms with E-state index in [-0.39, 0.29) is 0 Å². The highest BCUT2D eigenvalue weighted by Gasteiger charge is 2.15. The van der Waals surface area contributed by atoms with Crippen LogP contribution in [-0.2, 0) is 6.54 Å². The summed E-state index contributed by atoms with van der Waals surface area (Å²) in [6.07, 6.45) is 2.85. The van der Waals surface area contributed by atoms with Gasteiger partial charge in [-0.3, -0.25) is 0 Å². The zero-order valence-electron chi connectivity index (χ0n) is 13.5. The predicted molar refractivity (Wildman–Crippen MR) is 88.7 cm³/mol. The Balaban J connectivity index is 2.24. The lowest BCUT2D eigenvalue weighted by Crippen LogP contribution is -2.24. The number of nitrogens with zero attached hydrogens (tertiary/aromatic N) is 1. The molecule has 0 aliphatic heterocycles. The van der Waals surface area contributed by atoms with Gasteiger partial charge in [0.15, 0.2) is 0 Å². The molecule has 114 valence electrons. The number of nitrogens with one attached hydrogen (secondary N) is 1. The van der Waals surface area contributed by atoms with Crippen molar-refractivity contribution in [3.05, 3.63) is 53.5 Å². The topological polar surface area (TPSA) is 28.4 Å². The fourth-order valence-corrected chi connectivity index (χ4v) is 2.77. The summed E-state index contributed by atoms with van der Waals surface area (Å²) in [5.41, 5.74) is 3.89. The van der Waals surface area contributed by atoms with Gasteiger partial charge in [-0.2, -0.15) is 0 Å². The molecule has 0 aliphatic rings. The minimum Gasteiger partial charge on any atom is -0.469 e.